The van der Waals surface area contributed by atoms with Crippen molar-refractivity contribution in [2.45, 2.75) is 18.6 Å². The number of hydrogen-bond donors (Lipinski definition) is 0. The van der Waals surface area contributed by atoms with Crippen LogP contribution >= 0.6 is 0 Å². The van der Waals surface area contributed by atoms with E-state index in [1.165, 1.54) is 6.20 Å². The molecule has 138 valence electrons. The first-order chi connectivity index (χ1) is 13.1. The van der Waals surface area contributed by atoms with E-state index in [4.69, 9.17) is 9.47 Å². The average Bonchev–Trinajstić information content (AvgIpc) is 2.66. The Morgan fingerprint density at radius 2 is 2.15 bits per heavy atom. The lowest BCUT2D eigenvalue weighted by Crippen LogP contribution is -2.68. The smallest absolute Gasteiger partial charge is 0.375 e. The third kappa shape index (κ3) is 3.23. The summed E-state index contributed by atoms with van der Waals surface area (Å²) < 4.78 is 11.2. The minimum Gasteiger partial charge on any atom is -0.375 e. The van der Waals surface area contributed by atoms with Gasteiger partial charge in [0.25, 0.3) is 0 Å². The number of hydrogen-bond acceptors (Lipinski definition) is 7. The molecule has 0 amide bonds. The molecule has 0 saturated carbocycles. The van der Waals surface area contributed by atoms with Gasteiger partial charge in [-0.15, -0.1) is 0 Å². The van der Waals surface area contributed by atoms with Crippen molar-refractivity contribution in [2.24, 2.45) is 0 Å². The standard InChI is InChI=1S/C19H18N4O4/c1-14-19(12-26-13-19)27-8-7-22(14)17-9-16(11-21-18(17)23(24)25)5-4-15-3-2-6-20-10-15/h2-3,6,9-11,14H,7-8,12-13H2,1H3/t14-/m0/s1. The van der Waals surface area contributed by atoms with Gasteiger partial charge in [-0.05, 0) is 35.0 Å². The minimum absolute atomic E-state index is 0.0676. The molecular weight excluding hydrogens is 348 g/mol. The van der Waals surface area contributed by atoms with Crippen LogP contribution in [0.2, 0.25) is 0 Å². The van der Waals surface area contributed by atoms with E-state index in [0.717, 1.165) is 5.56 Å². The molecule has 0 N–H and O–H groups in total. The molecule has 4 heterocycles. The largest absolute Gasteiger partial charge is 0.387 e. The van der Waals surface area contributed by atoms with Gasteiger partial charge >= 0.3 is 5.82 Å². The molecule has 8 heteroatoms. The van der Waals surface area contributed by atoms with Gasteiger partial charge in [-0.2, -0.15) is 0 Å². The highest BCUT2D eigenvalue weighted by Crippen LogP contribution is 2.37. The SMILES string of the molecule is C[C@@H]1N(c2cc(C#Cc3cccnc3)cnc2[N+](=O)[O-])CCOC12COC2. The Kier molecular flexibility index (Phi) is 4.48. The fraction of sp³-hybridized carbons (Fsp3) is 0.368. The lowest BCUT2D eigenvalue weighted by molar-refractivity contribution is -0.388. The fourth-order valence-electron chi connectivity index (χ4n) is 3.35. The minimum atomic E-state index is -0.459. The van der Waals surface area contributed by atoms with Crippen molar-refractivity contribution in [3.63, 3.8) is 0 Å². The number of pyridine rings is 2. The molecule has 1 atom stereocenters. The van der Waals surface area contributed by atoms with Crippen molar-refractivity contribution in [1.29, 1.82) is 0 Å². The molecule has 0 unspecified atom stereocenters. The van der Waals surface area contributed by atoms with Gasteiger partial charge in [-0.1, -0.05) is 11.8 Å². The Bertz CT molecular complexity index is 918. The predicted molar refractivity (Wildman–Crippen MR) is 97.4 cm³/mol. The second-order valence-electron chi connectivity index (χ2n) is 6.59. The second kappa shape index (κ2) is 6.95. The number of nitro groups is 1. The molecule has 2 aromatic rings. The summed E-state index contributed by atoms with van der Waals surface area (Å²) in [5.41, 5.74) is 1.42. The molecule has 0 bridgehead atoms. The summed E-state index contributed by atoms with van der Waals surface area (Å²) in [6.45, 7) is 4.01. The topological polar surface area (TPSA) is 90.6 Å². The van der Waals surface area contributed by atoms with E-state index < -0.39 is 10.5 Å². The zero-order chi connectivity index (χ0) is 18.9. The highest BCUT2D eigenvalue weighted by molar-refractivity contribution is 5.64. The monoisotopic (exact) mass is 366 g/mol. The van der Waals surface area contributed by atoms with Crippen LogP contribution in [0.25, 0.3) is 0 Å². The molecule has 0 aromatic carbocycles. The van der Waals surface area contributed by atoms with Gasteiger partial charge in [0.15, 0.2) is 6.20 Å². The van der Waals surface area contributed by atoms with Crippen LogP contribution in [-0.2, 0) is 9.47 Å². The second-order valence-corrected chi connectivity index (χ2v) is 6.59. The molecule has 4 rings (SSSR count). The first kappa shape index (κ1) is 17.4. The number of anilines is 1. The number of ether oxygens (including phenoxy) is 2. The van der Waals surface area contributed by atoms with Crippen LogP contribution in [0.4, 0.5) is 11.5 Å². The normalized spacial score (nSPS) is 20.5. The number of rotatable bonds is 2. The molecule has 8 nitrogen and oxygen atoms in total. The van der Waals surface area contributed by atoms with Crippen LogP contribution in [0, 0.1) is 22.0 Å². The van der Waals surface area contributed by atoms with Crippen LogP contribution in [0.5, 0.6) is 0 Å². The van der Waals surface area contributed by atoms with Gasteiger partial charge in [-0.25, -0.2) is 0 Å². The molecule has 0 radical (unpaired) electrons. The highest BCUT2D eigenvalue weighted by Gasteiger charge is 2.50. The first-order valence-electron chi connectivity index (χ1n) is 8.64. The molecule has 2 aliphatic heterocycles. The number of morpholine rings is 1. The lowest BCUT2D eigenvalue weighted by Gasteiger charge is -2.53. The summed E-state index contributed by atoms with van der Waals surface area (Å²) in [6, 6.07) is 5.31. The summed E-state index contributed by atoms with van der Waals surface area (Å²) in [5, 5.41) is 11.5. The van der Waals surface area contributed by atoms with Gasteiger partial charge in [-0.3, -0.25) is 4.98 Å². The van der Waals surface area contributed by atoms with Gasteiger partial charge in [0.1, 0.15) is 11.3 Å². The van der Waals surface area contributed by atoms with Gasteiger partial charge in [0.05, 0.1) is 31.4 Å². The predicted octanol–water partition coefficient (Wildman–Crippen LogP) is 1.78. The number of aromatic nitrogens is 2. The van der Waals surface area contributed by atoms with E-state index >= 15 is 0 Å². The molecule has 2 saturated heterocycles. The Hall–Kier alpha value is -3.02. The zero-order valence-corrected chi connectivity index (χ0v) is 14.8. The van der Waals surface area contributed by atoms with Crippen molar-refractivity contribution >= 4 is 11.5 Å². The van der Waals surface area contributed by atoms with E-state index in [0.29, 0.717) is 37.6 Å². The maximum Gasteiger partial charge on any atom is 0.387 e. The van der Waals surface area contributed by atoms with Crippen LogP contribution in [-0.4, -0.2) is 52.9 Å². The summed E-state index contributed by atoms with van der Waals surface area (Å²) in [4.78, 5) is 21.1. The quantitative estimate of drug-likeness (QED) is 0.454. The van der Waals surface area contributed by atoms with E-state index in [9.17, 15) is 10.1 Å². The lowest BCUT2D eigenvalue weighted by atomic mass is 9.90. The van der Waals surface area contributed by atoms with Gasteiger partial charge in [0, 0.05) is 24.5 Å². The van der Waals surface area contributed by atoms with Crippen molar-refractivity contribution in [3.05, 3.63) is 58.0 Å². The molecule has 2 aromatic heterocycles. The Morgan fingerprint density at radius 1 is 1.33 bits per heavy atom. The van der Waals surface area contributed by atoms with Crippen LogP contribution in [0.1, 0.15) is 18.1 Å². The Labute approximate surface area is 156 Å². The van der Waals surface area contributed by atoms with Gasteiger partial charge in [0.2, 0.25) is 0 Å². The van der Waals surface area contributed by atoms with E-state index in [1.54, 1.807) is 24.5 Å². The summed E-state index contributed by atoms with van der Waals surface area (Å²) in [6.07, 6.45) is 4.77. The summed E-state index contributed by atoms with van der Waals surface area (Å²) in [7, 11) is 0. The average molecular weight is 366 g/mol. The van der Waals surface area contributed by atoms with Crippen molar-refractivity contribution < 1.29 is 14.4 Å². The van der Waals surface area contributed by atoms with E-state index in [1.807, 2.05) is 17.9 Å². The molecule has 0 aliphatic carbocycles. The summed E-state index contributed by atoms with van der Waals surface area (Å²) >= 11 is 0. The third-order valence-corrected chi connectivity index (χ3v) is 4.99. The molecule has 1 spiro atoms. The van der Waals surface area contributed by atoms with Crippen molar-refractivity contribution in [2.75, 3.05) is 31.3 Å². The molecule has 2 fully saturated rings. The third-order valence-electron chi connectivity index (χ3n) is 4.99. The fourth-order valence-corrected chi connectivity index (χ4v) is 3.35. The van der Waals surface area contributed by atoms with Crippen molar-refractivity contribution in [3.8, 4) is 11.8 Å². The van der Waals surface area contributed by atoms with E-state index in [2.05, 4.69) is 21.8 Å². The zero-order valence-electron chi connectivity index (χ0n) is 14.8. The van der Waals surface area contributed by atoms with Crippen molar-refractivity contribution in [1.82, 2.24) is 9.97 Å². The first-order valence-corrected chi connectivity index (χ1v) is 8.64. The highest BCUT2D eigenvalue weighted by atomic mass is 16.6. The van der Waals surface area contributed by atoms with Crippen LogP contribution < -0.4 is 4.90 Å². The maximum atomic E-state index is 11.5. The van der Waals surface area contributed by atoms with Crippen LogP contribution in [0.15, 0.2) is 36.8 Å². The Morgan fingerprint density at radius 3 is 2.81 bits per heavy atom. The Balaban J connectivity index is 1.70. The molecule has 2 aliphatic rings. The molecule has 27 heavy (non-hydrogen) atoms. The van der Waals surface area contributed by atoms with Gasteiger partial charge < -0.3 is 24.5 Å². The van der Waals surface area contributed by atoms with Crippen LogP contribution in [0.3, 0.4) is 0 Å². The summed E-state index contributed by atoms with van der Waals surface area (Å²) in [5.74, 6) is 5.84. The molecular formula is C19H18N4O4. The maximum absolute atomic E-state index is 11.5. The van der Waals surface area contributed by atoms with E-state index in [-0.39, 0.29) is 11.9 Å². The number of nitrogens with zero attached hydrogens (tertiary/aromatic N) is 4.